The van der Waals surface area contributed by atoms with Gasteiger partial charge in [0.15, 0.2) is 6.61 Å². The maximum absolute atomic E-state index is 5.78. The molecule has 1 aromatic heterocycles. The van der Waals surface area contributed by atoms with Crippen molar-refractivity contribution >= 4 is 0 Å². The second kappa shape index (κ2) is 7.05. The maximum atomic E-state index is 5.78. The molecule has 5 nitrogen and oxygen atoms in total. The molecule has 0 aliphatic carbocycles. The smallest absolute Gasteiger partial charge is 0.226 e. The van der Waals surface area contributed by atoms with Crippen molar-refractivity contribution in [3.63, 3.8) is 0 Å². The zero-order valence-corrected chi connectivity index (χ0v) is 12.1. The van der Waals surface area contributed by atoms with Crippen LogP contribution < -0.4 is 10.5 Å². The Hall–Kier alpha value is -1.88. The largest absolute Gasteiger partial charge is 0.485 e. The van der Waals surface area contributed by atoms with Crippen LogP contribution in [0.15, 0.2) is 22.7 Å². The third-order valence-electron chi connectivity index (χ3n) is 2.96. The topological polar surface area (TPSA) is 74.2 Å². The highest BCUT2D eigenvalue weighted by molar-refractivity contribution is 5.37. The highest BCUT2D eigenvalue weighted by Gasteiger charge is 2.08. The molecule has 0 amide bonds. The van der Waals surface area contributed by atoms with E-state index in [2.05, 4.69) is 30.1 Å². The summed E-state index contributed by atoms with van der Waals surface area (Å²) in [6.45, 7) is 5.04. The Bertz CT molecular complexity index is 552. The lowest BCUT2D eigenvalue weighted by atomic mass is 10.1. The van der Waals surface area contributed by atoms with E-state index in [9.17, 15) is 0 Å². The summed E-state index contributed by atoms with van der Waals surface area (Å²) < 4.78 is 10.9. The highest BCUT2D eigenvalue weighted by Crippen LogP contribution is 2.21. The van der Waals surface area contributed by atoms with Crippen molar-refractivity contribution in [2.45, 2.75) is 39.7 Å². The average molecular weight is 275 g/mol. The molecule has 0 bridgehead atoms. The van der Waals surface area contributed by atoms with Gasteiger partial charge in [-0.3, -0.25) is 0 Å². The second-order valence-electron chi connectivity index (χ2n) is 4.79. The normalized spacial score (nSPS) is 10.8. The summed E-state index contributed by atoms with van der Waals surface area (Å²) in [6.07, 6.45) is 2.58. The lowest BCUT2D eigenvalue weighted by molar-refractivity contribution is 0.282. The van der Waals surface area contributed by atoms with Crippen LogP contribution in [-0.4, -0.2) is 16.7 Å². The number of nitrogens with two attached hydrogens (primary N) is 1. The monoisotopic (exact) mass is 275 g/mol. The second-order valence-corrected chi connectivity index (χ2v) is 4.79. The lowest BCUT2D eigenvalue weighted by Gasteiger charge is -2.10. The van der Waals surface area contributed by atoms with Gasteiger partial charge in [0, 0.05) is 6.42 Å². The summed E-state index contributed by atoms with van der Waals surface area (Å²) in [6, 6.07) is 6.09. The number of aryl methyl sites for hydroxylation is 2. The van der Waals surface area contributed by atoms with Gasteiger partial charge in [-0.2, -0.15) is 4.98 Å². The van der Waals surface area contributed by atoms with E-state index in [1.807, 2.05) is 12.1 Å². The molecule has 0 unspecified atom stereocenters. The predicted molar refractivity (Wildman–Crippen MR) is 76.6 cm³/mol. The standard InChI is InChI=1S/C15H21N3O2/c1-3-4-15-17-14(18-20-15)10-19-13-6-5-11(2)9-12(13)7-8-16/h5-6,9H,3-4,7-8,10,16H2,1-2H3. The quantitative estimate of drug-likeness (QED) is 0.840. The molecule has 0 aliphatic rings. The minimum Gasteiger partial charge on any atom is -0.485 e. The van der Waals surface area contributed by atoms with E-state index in [0.717, 1.165) is 30.6 Å². The molecule has 5 heteroatoms. The van der Waals surface area contributed by atoms with Crippen LogP contribution in [0.4, 0.5) is 0 Å². The lowest BCUT2D eigenvalue weighted by Crippen LogP contribution is -2.06. The van der Waals surface area contributed by atoms with Gasteiger partial charge in [-0.1, -0.05) is 29.8 Å². The summed E-state index contributed by atoms with van der Waals surface area (Å²) >= 11 is 0. The average Bonchev–Trinajstić information content (AvgIpc) is 2.86. The van der Waals surface area contributed by atoms with Gasteiger partial charge in [-0.05, 0) is 37.9 Å². The van der Waals surface area contributed by atoms with Crippen LogP contribution in [0.5, 0.6) is 5.75 Å². The van der Waals surface area contributed by atoms with Crippen LogP contribution in [0, 0.1) is 6.92 Å². The van der Waals surface area contributed by atoms with E-state index < -0.39 is 0 Å². The van der Waals surface area contributed by atoms with Crippen molar-refractivity contribution in [3.8, 4) is 5.75 Å². The van der Waals surface area contributed by atoms with Crippen molar-refractivity contribution in [1.82, 2.24) is 10.1 Å². The molecule has 0 atom stereocenters. The molecule has 0 spiro atoms. The molecule has 2 N–H and O–H groups in total. The summed E-state index contributed by atoms with van der Waals surface area (Å²) in [5.41, 5.74) is 7.94. The van der Waals surface area contributed by atoms with Crippen LogP contribution in [0.1, 0.15) is 36.2 Å². The fourth-order valence-corrected chi connectivity index (χ4v) is 2.01. The van der Waals surface area contributed by atoms with E-state index in [1.54, 1.807) is 0 Å². The molecule has 1 heterocycles. The maximum Gasteiger partial charge on any atom is 0.226 e. The molecule has 1 aromatic carbocycles. The number of benzene rings is 1. The zero-order chi connectivity index (χ0) is 14.4. The van der Waals surface area contributed by atoms with Gasteiger partial charge in [0.1, 0.15) is 5.75 Å². The van der Waals surface area contributed by atoms with Crippen molar-refractivity contribution < 1.29 is 9.26 Å². The molecule has 2 aromatic rings. The fourth-order valence-electron chi connectivity index (χ4n) is 2.01. The molecule has 0 saturated carbocycles. The molecular formula is C15H21N3O2. The van der Waals surface area contributed by atoms with Gasteiger partial charge in [0.05, 0.1) is 0 Å². The number of aromatic nitrogens is 2. The molecule has 0 aliphatic heterocycles. The minimum atomic E-state index is 0.313. The van der Waals surface area contributed by atoms with E-state index in [1.165, 1.54) is 5.56 Å². The highest BCUT2D eigenvalue weighted by atomic mass is 16.5. The van der Waals surface area contributed by atoms with Gasteiger partial charge in [0.25, 0.3) is 0 Å². The number of rotatable bonds is 7. The van der Waals surface area contributed by atoms with Crippen LogP contribution in [0.25, 0.3) is 0 Å². The van der Waals surface area contributed by atoms with E-state index in [0.29, 0.717) is 24.9 Å². The van der Waals surface area contributed by atoms with E-state index in [-0.39, 0.29) is 0 Å². The molecule has 20 heavy (non-hydrogen) atoms. The number of hydrogen-bond acceptors (Lipinski definition) is 5. The summed E-state index contributed by atoms with van der Waals surface area (Å²) in [5, 5.41) is 3.91. The first-order valence-electron chi connectivity index (χ1n) is 6.96. The minimum absolute atomic E-state index is 0.313. The van der Waals surface area contributed by atoms with Gasteiger partial charge < -0.3 is 15.0 Å². The van der Waals surface area contributed by atoms with Crippen molar-refractivity contribution in [2.24, 2.45) is 5.73 Å². The van der Waals surface area contributed by atoms with Crippen molar-refractivity contribution in [3.05, 3.63) is 41.0 Å². The van der Waals surface area contributed by atoms with Crippen molar-refractivity contribution in [1.29, 1.82) is 0 Å². The first-order chi connectivity index (χ1) is 9.72. The zero-order valence-electron chi connectivity index (χ0n) is 12.1. The summed E-state index contributed by atoms with van der Waals surface area (Å²) in [7, 11) is 0. The van der Waals surface area contributed by atoms with E-state index >= 15 is 0 Å². The number of hydrogen-bond donors (Lipinski definition) is 1. The molecule has 0 saturated heterocycles. The Labute approximate surface area is 119 Å². The summed E-state index contributed by atoms with van der Waals surface area (Å²) in [4.78, 5) is 4.28. The Kier molecular flexibility index (Phi) is 5.12. The molecule has 108 valence electrons. The first kappa shape index (κ1) is 14.5. The Morgan fingerprint density at radius 3 is 2.90 bits per heavy atom. The van der Waals surface area contributed by atoms with Gasteiger partial charge >= 0.3 is 0 Å². The number of nitrogens with zero attached hydrogens (tertiary/aromatic N) is 2. The van der Waals surface area contributed by atoms with Gasteiger partial charge in [-0.25, -0.2) is 0 Å². The van der Waals surface area contributed by atoms with Crippen LogP contribution in [0.3, 0.4) is 0 Å². The van der Waals surface area contributed by atoms with E-state index in [4.69, 9.17) is 15.0 Å². The Morgan fingerprint density at radius 1 is 1.30 bits per heavy atom. The Morgan fingerprint density at radius 2 is 2.15 bits per heavy atom. The number of ether oxygens (including phenoxy) is 1. The van der Waals surface area contributed by atoms with Crippen LogP contribution in [0.2, 0.25) is 0 Å². The third kappa shape index (κ3) is 3.81. The molecule has 0 fully saturated rings. The van der Waals surface area contributed by atoms with Gasteiger partial charge in [0.2, 0.25) is 11.7 Å². The Balaban J connectivity index is 2.02. The molecule has 0 radical (unpaired) electrons. The molecular weight excluding hydrogens is 254 g/mol. The van der Waals surface area contributed by atoms with Crippen molar-refractivity contribution in [2.75, 3.05) is 6.54 Å². The predicted octanol–water partition coefficient (Wildman–Crippen LogP) is 2.41. The van der Waals surface area contributed by atoms with Crippen LogP contribution in [-0.2, 0) is 19.4 Å². The van der Waals surface area contributed by atoms with Crippen LogP contribution >= 0.6 is 0 Å². The third-order valence-corrected chi connectivity index (χ3v) is 2.96. The first-order valence-corrected chi connectivity index (χ1v) is 6.96. The molecule has 2 rings (SSSR count). The van der Waals surface area contributed by atoms with Gasteiger partial charge in [-0.15, -0.1) is 0 Å². The SMILES string of the molecule is CCCc1nc(COc2ccc(C)cc2CCN)no1. The fraction of sp³-hybridized carbons (Fsp3) is 0.467. The summed E-state index contributed by atoms with van der Waals surface area (Å²) in [5.74, 6) is 2.08.